The molecule has 0 unspecified atom stereocenters. The summed E-state index contributed by atoms with van der Waals surface area (Å²) in [4.78, 5) is 25.1. The molecular weight excluding hydrogens is 418 g/mol. The summed E-state index contributed by atoms with van der Waals surface area (Å²) in [6.45, 7) is 3.68. The van der Waals surface area contributed by atoms with E-state index < -0.39 is 11.8 Å². The fourth-order valence-electron chi connectivity index (χ4n) is 2.88. The van der Waals surface area contributed by atoms with Crippen molar-refractivity contribution in [2.75, 3.05) is 5.32 Å². The zero-order chi connectivity index (χ0) is 21.7. The Morgan fingerprint density at radius 3 is 2.53 bits per heavy atom. The lowest BCUT2D eigenvalue weighted by atomic mass is 10.1. The first kappa shape index (κ1) is 21.5. The average Bonchev–Trinajstić information content (AvgIpc) is 3.24. The van der Waals surface area contributed by atoms with Crippen molar-refractivity contribution in [2.24, 2.45) is 5.73 Å². The maximum absolute atomic E-state index is 12.1. The summed E-state index contributed by atoms with van der Waals surface area (Å²) >= 11 is 6.62. The predicted octanol–water partition coefficient (Wildman–Crippen LogP) is 4.17. The first-order valence-electron chi connectivity index (χ1n) is 9.16. The van der Waals surface area contributed by atoms with Crippen molar-refractivity contribution in [1.29, 1.82) is 0 Å². The molecule has 4 N–H and O–H groups in total. The SMILES string of the molecule is Cc1ccc(/C=C/C(=O)NC(=S)Nc2sc(Cc3ccccc3)c(C)c2C(N)=O)o1. The van der Waals surface area contributed by atoms with Crippen LogP contribution in [0.2, 0.25) is 0 Å². The first-order chi connectivity index (χ1) is 14.3. The molecule has 1 aromatic carbocycles. The quantitative estimate of drug-likeness (QED) is 0.396. The third-order valence-electron chi connectivity index (χ3n) is 4.32. The van der Waals surface area contributed by atoms with Gasteiger partial charge in [0.05, 0.1) is 5.56 Å². The fraction of sp³-hybridized carbons (Fsp3) is 0.136. The number of carbonyl (C=O) groups is 2. The molecule has 0 radical (unpaired) electrons. The number of anilines is 1. The van der Waals surface area contributed by atoms with Gasteiger partial charge in [0.25, 0.3) is 5.91 Å². The van der Waals surface area contributed by atoms with E-state index in [2.05, 4.69) is 10.6 Å². The largest absolute Gasteiger partial charge is 0.462 e. The van der Waals surface area contributed by atoms with E-state index in [0.717, 1.165) is 21.8 Å². The molecule has 3 rings (SSSR count). The molecule has 0 saturated carbocycles. The number of benzene rings is 1. The molecule has 0 fully saturated rings. The fourth-order valence-corrected chi connectivity index (χ4v) is 4.40. The van der Waals surface area contributed by atoms with Crippen molar-refractivity contribution >= 4 is 51.6 Å². The molecule has 2 heterocycles. The number of thiophene rings is 1. The second-order valence-corrected chi connectivity index (χ2v) is 8.12. The van der Waals surface area contributed by atoms with E-state index in [1.165, 1.54) is 17.4 Å². The Kier molecular flexibility index (Phi) is 6.81. The van der Waals surface area contributed by atoms with E-state index in [9.17, 15) is 9.59 Å². The zero-order valence-electron chi connectivity index (χ0n) is 16.5. The van der Waals surface area contributed by atoms with Gasteiger partial charge in [-0.2, -0.15) is 0 Å². The molecule has 0 aliphatic rings. The molecule has 6 nitrogen and oxygen atoms in total. The maximum Gasteiger partial charge on any atom is 0.251 e. The number of nitrogens with two attached hydrogens (primary N) is 1. The number of aryl methyl sites for hydroxylation is 1. The second kappa shape index (κ2) is 9.51. The minimum absolute atomic E-state index is 0.0790. The van der Waals surface area contributed by atoms with Crippen LogP contribution in [-0.4, -0.2) is 16.9 Å². The van der Waals surface area contributed by atoms with Crippen molar-refractivity contribution in [1.82, 2.24) is 5.32 Å². The van der Waals surface area contributed by atoms with Crippen LogP contribution in [0.1, 0.15) is 37.9 Å². The van der Waals surface area contributed by atoms with Crippen LogP contribution in [0.4, 0.5) is 5.00 Å². The summed E-state index contributed by atoms with van der Waals surface area (Å²) in [6.07, 6.45) is 3.54. The van der Waals surface area contributed by atoms with E-state index in [1.807, 2.05) is 44.2 Å². The summed E-state index contributed by atoms with van der Waals surface area (Å²) in [6, 6.07) is 13.5. The van der Waals surface area contributed by atoms with Crippen molar-refractivity contribution in [2.45, 2.75) is 20.3 Å². The summed E-state index contributed by atoms with van der Waals surface area (Å²) in [5.41, 5.74) is 7.90. The number of thiocarbonyl (C=S) groups is 1. The highest BCUT2D eigenvalue weighted by atomic mass is 32.1. The van der Waals surface area contributed by atoms with Crippen LogP contribution in [0, 0.1) is 13.8 Å². The summed E-state index contributed by atoms with van der Waals surface area (Å²) in [5, 5.41) is 6.08. The maximum atomic E-state index is 12.1. The topological polar surface area (TPSA) is 97.4 Å². The van der Waals surface area contributed by atoms with Gasteiger partial charge in [0, 0.05) is 17.4 Å². The van der Waals surface area contributed by atoms with Gasteiger partial charge in [-0.15, -0.1) is 11.3 Å². The van der Waals surface area contributed by atoms with Crippen molar-refractivity contribution in [3.05, 3.63) is 81.6 Å². The van der Waals surface area contributed by atoms with Crippen molar-refractivity contribution in [3.8, 4) is 0 Å². The van der Waals surface area contributed by atoms with Gasteiger partial charge in [0.1, 0.15) is 16.5 Å². The summed E-state index contributed by atoms with van der Waals surface area (Å²) in [5.74, 6) is 0.357. The molecule has 2 amide bonds. The molecule has 8 heteroatoms. The molecule has 154 valence electrons. The molecule has 3 aromatic rings. The van der Waals surface area contributed by atoms with Crippen LogP contribution < -0.4 is 16.4 Å². The smallest absolute Gasteiger partial charge is 0.251 e. The van der Waals surface area contributed by atoms with Crippen molar-refractivity contribution < 1.29 is 14.0 Å². The Balaban J connectivity index is 1.70. The van der Waals surface area contributed by atoms with Crippen LogP contribution >= 0.6 is 23.6 Å². The third kappa shape index (κ3) is 5.43. The first-order valence-corrected chi connectivity index (χ1v) is 10.4. The zero-order valence-corrected chi connectivity index (χ0v) is 18.2. The van der Waals surface area contributed by atoms with Gasteiger partial charge in [0.2, 0.25) is 5.91 Å². The van der Waals surface area contributed by atoms with Gasteiger partial charge in [-0.25, -0.2) is 0 Å². The molecule has 0 saturated heterocycles. The minimum Gasteiger partial charge on any atom is -0.462 e. The molecule has 0 atom stereocenters. The second-order valence-electron chi connectivity index (χ2n) is 6.61. The van der Waals surface area contributed by atoms with Gasteiger partial charge in [-0.3, -0.25) is 14.9 Å². The highest BCUT2D eigenvalue weighted by Gasteiger charge is 2.20. The molecule has 2 aromatic heterocycles. The monoisotopic (exact) mass is 439 g/mol. The number of nitrogens with one attached hydrogen (secondary N) is 2. The van der Waals surface area contributed by atoms with E-state index in [4.69, 9.17) is 22.4 Å². The number of furan rings is 1. The van der Waals surface area contributed by atoms with Crippen LogP contribution in [0.25, 0.3) is 6.08 Å². The Morgan fingerprint density at radius 1 is 1.17 bits per heavy atom. The molecule has 0 aliphatic heterocycles. The predicted molar refractivity (Wildman–Crippen MR) is 124 cm³/mol. The molecular formula is C22H21N3O3S2. The number of primary amides is 1. The van der Waals surface area contributed by atoms with E-state index in [-0.39, 0.29) is 5.11 Å². The summed E-state index contributed by atoms with van der Waals surface area (Å²) < 4.78 is 5.38. The van der Waals surface area contributed by atoms with Crippen LogP contribution in [0.3, 0.4) is 0 Å². The number of hydrogen-bond donors (Lipinski definition) is 3. The number of hydrogen-bond acceptors (Lipinski definition) is 5. The highest BCUT2D eigenvalue weighted by molar-refractivity contribution is 7.80. The van der Waals surface area contributed by atoms with E-state index >= 15 is 0 Å². The lowest BCUT2D eigenvalue weighted by Crippen LogP contribution is -2.33. The van der Waals surface area contributed by atoms with Gasteiger partial charge in [-0.05, 0) is 55.4 Å². The lowest BCUT2D eigenvalue weighted by Gasteiger charge is -2.07. The Labute approximate surface area is 183 Å². The van der Waals surface area contributed by atoms with Crippen LogP contribution in [0.15, 0.2) is 53.0 Å². The van der Waals surface area contributed by atoms with Gasteiger partial charge in [0.15, 0.2) is 5.11 Å². The normalized spacial score (nSPS) is 10.9. The van der Waals surface area contributed by atoms with Crippen LogP contribution in [0.5, 0.6) is 0 Å². The van der Waals surface area contributed by atoms with Crippen LogP contribution in [-0.2, 0) is 11.2 Å². The Bertz CT molecular complexity index is 1110. The number of carbonyl (C=O) groups excluding carboxylic acids is 2. The Morgan fingerprint density at radius 2 is 1.90 bits per heavy atom. The average molecular weight is 440 g/mol. The molecule has 0 aliphatic carbocycles. The molecule has 30 heavy (non-hydrogen) atoms. The van der Waals surface area contributed by atoms with Gasteiger partial charge >= 0.3 is 0 Å². The van der Waals surface area contributed by atoms with Crippen molar-refractivity contribution in [3.63, 3.8) is 0 Å². The Hall–Kier alpha value is -3.23. The third-order valence-corrected chi connectivity index (χ3v) is 5.73. The molecule has 0 bridgehead atoms. The van der Waals surface area contributed by atoms with Gasteiger partial charge in [-0.1, -0.05) is 30.3 Å². The lowest BCUT2D eigenvalue weighted by molar-refractivity contribution is -0.115. The van der Waals surface area contributed by atoms with E-state index in [1.54, 1.807) is 18.2 Å². The standard InChI is InChI=1S/C22H21N3O3S2/c1-13-8-9-16(28-13)10-11-18(26)24-22(29)25-21-19(20(23)27)14(2)17(30-21)12-15-6-4-3-5-7-15/h3-11H,12H2,1-2H3,(H2,23,27)(H2,24,25,26,29)/b11-10+. The highest BCUT2D eigenvalue weighted by Crippen LogP contribution is 2.34. The minimum atomic E-state index is -0.548. The number of amides is 2. The number of rotatable bonds is 6. The molecule has 0 spiro atoms. The van der Waals surface area contributed by atoms with Gasteiger partial charge < -0.3 is 15.5 Å². The van der Waals surface area contributed by atoms with E-state index in [0.29, 0.717) is 22.7 Å². The summed E-state index contributed by atoms with van der Waals surface area (Å²) in [7, 11) is 0.